The minimum atomic E-state index is -0.439. The number of alkyl halides is 1. The van der Waals surface area contributed by atoms with Gasteiger partial charge in [0.2, 0.25) is 0 Å². The van der Waals surface area contributed by atoms with Crippen LogP contribution < -0.4 is 0 Å². The summed E-state index contributed by atoms with van der Waals surface area (Å²) < 4.78 is 0. The highest BCUT2D eigenvalue weighted by atomic mass is 79.9. The summed E-state index contributed by atoms with van der Waals surface area (Å²) in [6.45, 7) is 0. The number of aliphatic hydroxyl groups is 1. The third-order valence-corrected chi connectivity index (χ3v) is 1.32. The lowest BCUT2D eigenvalue weighted by Crippen LogP contribution is -1.93. The fourth-order valence-electron chi connectivity index (χ4n) is 0. The Balaban J connectivity index is 2.54. The molecule has 0 spiro atoms. The number of hydrogen-bond acceptors (Lipinski definition) is 2. The molecule has 1 atom stereocenters. The topological polar surface area (TPSA) is 20.2 Å². The molecule has 0 aliphatic rings. The molecule has 3 heteroatoms. The quantitative estimate of drug-likeness (QED) is 0.422. The number of halogens is 1. The minimum absolute atomic E-state index is 0.439. The summed E-state index contributed by atoms with van der Waals surface area (Å²) in [5.74, 6) is 0.472. The van der Waals surface area contributed by atoms with Gasteiger partial charge in [0.25, 0.3) is 0 Å². The summed E-state index contributed by atoms with van der Waals surface area (Å²) in [5.41, 5.74) is 0. The van der Waals surface area contributed by atoms with Gasteiger partial charge in [-0.3, -0.25) is 0 Å². The predicted molar refractivity (Wildman–Crippen MR) is 28.8 cm³/mol. The first-order chi connectivity index (χ1) is 2.27. The molecule has 0 radical (unpaired) electrons. The van der Waals surface area contributed by atoms with Crippen LogP contribution in [0.15, 0.2) is 0 Å². The van der Waals surface area contributed by atoms with E-state index in [0.29, 0.717) is 5.75 Å². The first-order valence-corrected chi connectivity index (χ1v) is 2.75. The zero-order valence-electron chi connectivity index (χ0n) is 2.56. The molecule has 5 heavy (non-hydrogen) atoms. The Morgan fingerprint density at radius 1 is 2.00 bits per heavy atom. The molecule has 1 nitrogen and oxygen atoms in total. The highest BCUT2D eigenvalue weighted by Crippen LogP contribution is 1.92. The van der Waals surface area contributed by atoms with Crippen molar-refractivity contribution in [3.63, 3.8) is 0 Å². The van der Waals surface area contributed by atoms with Crippen LogP contribution in [-0.4, -0.2) is 15.9 Å². The summed E-state index contributed by atoms with van der Waals surface area (Å²) in [6, 6.07) is 0. The largest absolute Gasteiger partial charge is 0.381 e. The van der Waals surface area contributed by atoms with E-state index in [9.17, 15) is 0 Å². The van der Waals surface area contributed by atoms with Crippen molar-refractivity contribution in [2.45, 2.75) is 5.01 Å². The van der Waals surface area contributed by atoms with E-state index < -0.39 is 5.01 Å². The van der Waals surface area contributed by atoms with Gasteiger partial charge in [-0.05, 0) is 0 Å². The van der Waals surface area contributed by atoms with Gasteiger partial charge in [-0.15, -0.1) is 0 Å². The summed E-state index contributed by atoms with van der Waals surface area (Å²) in [7, 11) is 0. The lowest BCUT2D eigenvalue weighted by Gasteiger charge is -1.87. The molecule has 1 unspecified atom stereocenters. The van der Waals surface area contributed by atoms with Crippen molar-refractivity contribution >= 4 is 28.6 Å². The van der Waals surface area contributed by atoms with Gasteiger partial charge in [0.15, 0.2) is 0 Å². The standard InChI is InChI=1S/C2H5BrOS/c3-2(4)1-5/h2,4-5H,1H2. The van der Waals surface area contributed by atoms with Gasteiger partial charge >= 0.3 is 0 Å². The number of aliphatic hydroxyl groups excluding tert-OH is 1. The van der Waals surface area contributed by atoms with Crippen LogP contribution in [0.2, 0.25) is 0 Å². The lowest BCUT2D eigenvalue weighted by atomic mass is 10.9. The zero-order valence-corrected chi connectivity index (χ0v) is 5.04. The molecule has 32 valence electrons. The van der Waals surface area contributed by atoms with Crippen molar-refractivity contribution < 1.29 is 5.11 Å². The van der Waals surface area contributed by atoms with E-state index in [2.05, 4.69) is 28.6 Å². The second-order valence-corrected chi connectivity index (χ2v) is 2.04. The molecule has 0 saturated carbocycles. The average Bonchev–Trinajstić information content (AvgIpc) is 1.38. The van der Waals surface area contributed by atoms with Gasteiger partial charge in [0, 0.05) is 5.75 Å². The molecule has 0 aliphatic heterocycles. The van der Waals surface area contributed by atoms with Crippen LogP contribution in [0.5, 0.6) is 0 Å². The Bertz CT molecular complexity index is 23.6. The smallest absolute Gasteiger partial charge is 0.117 e. The molecule has 0 aromatic carbocycles. The van der Waals surface area contributed by atoms with Crippen LogP contribution in [0, 0.1) is 0 Å². The highest BCUT2D eigenvalue weighted by Gasteiger charge is 1.85. The Kier molecular flexibility index (Phi) is 3.47. The van der Waals surface area contributed by atoms with Crippen molar-refractivity contribution in [2.24, 2.45) is 0 Å². The molecule has 0 saturated heterocycles. The van der Waals surface area contributed by atoms with E-state index >= 15 is 0 Å². The van der Waals surface area contributed by atoms with Crippen molar-refractivity contribution in [1.82, 2.24) is 0 Å². The summed E-state index contributed by atoms with van der Waals surface area (Å²) in [5, 5.41) is 7.76. The fraction of sp³-hybridized carbons (Fsp3) is 1.00. The van der Waals surface area contributed by atoms with E-state index in [-0.39, 0.29) is 0 Å². The van der Waals surface area contributed by atoms with Crippen molar-refractivity contribution in [1.29, 1.82) is 0 Å². The third kappa shape index (κ3) is 4.79. The maximum atomic E-state index is 8.20. The van der Waals surface area contributed by atoms with Gasteiger partial charge in [-0.25, -0.2) is 0 Å². The van der Waals surface area contributed by atoms with Gasteiger partial charge < -0.3 is 5.11 Å². The van der Waals surface area contributed by atoms with E-state index in [1.54, 1.807) is 0 Å². The van der Waals surface area contributed by atoms with Crippen LogP contribution in [0.3, 0.4) is 0 Å². The van der Waals surface area contributed by atoms with Crippen LogP contribution in [-0.2, 0) is 0 Å². The van der Waals surface area contributed by atoms with Gasteiger partial charge in [0.05, 0.1) is 0 Å². The maximum absolute atomic E-state index is 8.20. The molecular formula is C2H5BrOS. The third-order valence-electron chi connectivity index (χ3n) is 0.151. The second kappa shape index (κ2) is 3.00. The first kappa shape index (κ1) is 5.79. The first-order valence-electron chi connectivity index (χ1n) is 1.20. The zero-order chi connectivity index (χ0) is 4.28. The van der Waals surface area contributed by atoms with Crippen LogP contribution in [0.25, 0.3) is 0 Å². The maximum Gasteiger partial charge on any atom is 0.117 e. The Morgan fingerprint density at radius 2 is 2.20 bits per heavy atom. The van der Waals surface area contributed by atoms with Crippen LogP contribution in [0.1, 0.15) is 0 Å². The van der Waals surface area contributed by atoms with Crippen LogP contribution in [0.4, 0.5) is 0 Å². The van der Waals surface area contributed by atoms with E-state index in [0.717, 1.165) is 0 Å². The van der Waals surface area contributed by atoms with E-state index in [1.807, 2.05) is 0 Å². The second-order valence-electron chi connectivity index (χ2n) is 0.617. The van der Waals surface area contributed by atoms with E-state index in [1.165, 1.54) is 0 Å². The monoisotopic (exact) mass is 156 g/mol. The number of rotatable bonds is 1. The highest BCUT2D eigenvalue weighted by molar-refractivity contribution is 9.09. The number of thiol groups is 1. The minimum Gasteiger partial charge on any atom is -0.381 e. The van der Waals surface area contributed by atoms with Gasteiger partial charge in [0.1, 0.15) is 5.01 Å². The fourth-order valence-corrected chi connectivity index (χ4v) is 0. The summed E-state index contributed by atoms with van der Waals surface area (Å²) in [4.78, 5) is 0. The van der Waals surface area contributed by atoms with Crippen molar-refractivity contribution in [3.05, 3.63) is 0 Å². The SMILES string of the molecule is OC(Br)CS. The summed E-state index contributed by atoms with van der Waals surface area (Å²) in [6.07, 6.45) is 0. The normalized spacial score (nSPS) is 15.0. The molecule has 0 aromatic rings. The molecule has 0 aromatic heterocycles. The van der Waals surface area contributed by atoms with Crippen molar-refractivity contribution in [3.8, 4) is 0 Å². The summed E-state index contributed by atoms with van der Waals surface area (Å²) >= 11 is 6.57. The predicted octanol–water partition coefficient (Wildman–Crippen LogP) is 0.629. The van der Waals surface area contributed by atoms with Crippen molar-refractivity contribution in [2.75, 3.05) is 5.75 Å². The Hall–Kier alpha value is 0.790. The number of hydrogen-bond donors (Lipinski definition) is 2. The van der Waals surface area contributed by atoms with E-state index in [4.69, 9.17) is 5.11 Å². The van der Waals surface area contributed by atoms with Gasteiger partial charge in [-0.2, -0.15) is 12.6 Å². The lowest BCUT2D eigenvalue weighted by molar-refractivity contribution is 0.295. The van der Waals surface area contributed by atoms with Crippen LogP contribution >= 0.6 is 28.6 Å². The molecule has 0 heterocycles. The molecule has 1 N–H and O–H groups in total. The Labute approximate surface area is 44.9 Å². The molecule has 0 rings (SSSR count). The Morgan fingerprint density at radius 3 is 2.20 bits per heavy atom. The molecule has 0 bridgehead atoms. The molecule has 0 aliphatic carbocycles. The average molecular weight is 157 g/mol. The molecule has 0 amide bonds. The van der Waals surface area contributed by atoms with Gasteiger partial charge in [-0.1, -0.05) is 15.9 Å². The molecular weight excluding hydrogens is 152 g/mol. The molecule has 0 fully saturated rings.